The van der Waals surface area contributed by atoms with E-state index in [0.717, 1.165) is 10.4 Å². The Hall–Kier alpha value is -2.49. The number of nitrogens with zero attached hydrogens (tertiary/aromatic N) is 3. The van der Waals surface area contributed by atoms with Crippen LogP contribution in [0.4, 0.5) is 5.69 Å². The number of aromatic nitrogens is 1. The van der Waals surface area contributed by atoms with E-state index >= 15 is 0 Å². The van der Waals surface area contributed by atoms with Gasteiger partial charge in [-0.2, -0.15) is 4.99 Å². The van der Waals surface area contributed by atoms with Crippen molar-refractivity contribution in [2.75, 3.05) is 13.2 Å². The third-order valence-corrected chi connectivity index (χ3v) is 6.27. The Morgan fingerprint density at radius 1 is 1.27 bits per heavy atom. The van der Waals surface area contributed by atoms with Gasteiger partial charge in [0.2, 0.25) is 0 Å². The molecule has 0 radical (unpaired) electrons. The number of benzene rings is 2. The van der Waals surface area contributed by atoms with E-state index in [4.69, 9.17) is 4.74 Å². The number of carbonyl (C=O) groups excluding carboxylic acids is 1. The zero-order valence-corrected chi connectivity index (χ0v) is 18.7. The lowest BCUT2D eigenvalue weighted by Gasteiger charge is -2.06. The van der Waals surface area contributed by atoms with Gasteiger partial charge in [-0.3, -0.25) is 14.9 Å². The molecular formula is C21H23N3O4S2. The second-order valence-corrected chi connectivity index (χ2v) is 9.41. The number of rotatable bonds is 8. The van der Waals surface area contributed by atoms with Crippen molar-refractivity contribution in [3.63, 3.8) is 0 Å². The molecule has 0 aliphatic rings. The Labute approximate surface area is 182 Å². The summed E-state index contributed by atoms with van der Waals surface area (Å²) in [5, 5.41) is 11.6. The molecule has 3 aromatic rings. The number of thiazole rings is 1. The largest absolute Gasteiger partial charge is 0.380 e. The first-order valence-electron chi connectivity index (χ1n) is 9.60. The molecule has 0 spiro atoms. The minimum absolute atomic E-state index is 0.0110. The van der Waals surface area contributed by atoms with Crippen molar-refractivity contribution in [3.05, 3.63) is 62.9 Å². The third-order valence-electron chi connectivity index (χ3n) is 4.21. The van der Waals surface area contributed by atoms with E-state index in [1.165, 1.54) is 23.5 Å². The zero-order valence-electron chi connectivity index (χ0n) is 17.0. The molecule has 1 heterocycles. The highest BCUT2D eigenvalue weighted by atomic mass is 32.2. The topological polar surface area (TPSA) is 86.7 Å². The average molecular weight is 446 g/mol. The molecular weight excluding hydrogens is 422 g/mol. The highest BCUT2D eigenvalue weighted by Gasteiger charge is 2.13. The molecule has 30 heavy (non-hydrogen) atoms. The number of hydrogen-bond donors (Lipinski definition) is 0. The van der Waals surface area contributed by atoms with Crippen LogP contribution in [0.25, 0.3) is 10.2 Å². The number of hydrogen-bond acceptors (Lipinski definition) is 6. The smallest absolute Gasteiger partial charge is 0.279 e. The first-order valence-corrected chi connectivity index (χ1v) is 11.3. The van der Waals surface area contributed by atoms with E-state index in [1.807, 2.05) is 23.6 Å². The number of non-ortho nitro benzene ring substituents is 1. The van der Waals surface area contributed by atoms with E-state index in [0.29, 0.717) is 40.1 Å². The molecule has 158 valence electrons. The minimum Gasteiger partial charge on any atom is -0.380 e. The SMILES string of the molecule is CCOCCn1c(=NC(=O)c2ccc(SC(C)C)cc2)sc2cc([N+](=O)[O-])ccc21. The summed E-state index contributed by atoms with van der Waals surface area (Å²) < 4.78 is 8.03. The van der Waals surface area contributed by atoms with Crippen LogP contribution in [0.15, 0.2) is 52.4 Å². The molecule has 0 saturated heterocycles. The molecule has 0 unspecified atom stereocenters. The Balaban J connectivity index is 1.99. The summed E-state index contributed by atoms with van der Waals surface area (Å²) in [5.41, 5.74) is 1.31. The van der Waals surface area contributed by atoms with Gasteiger partial charge in [-0.05, 0) is 37.3 Å². The quantitative estimate of drug-likeness (QED) is 0.213. The van der Waals surface area contributed by atoms with Gasteiger partial charge in [0.15, 0.2) is 4.80 Å². The van der Waals surface area contributed by atoms with Crippen LogP contribution in [0.1, 0.15) is 31.1 Å². The molecule has 0 saturated carbocycles. The molecule has 0 N–H and O–H groups in total. The van der Waals surface area contributed by atoms with Gasteiger partial charge in [-0.15, -0.1) is 11.8 Å². The van der Waals surface area contributed by atoms with Crippen molar-refractivity contribution < 1.29 is 14.5 Å². The van der Waals surface area contributed by atoms with Crippen molar-refractivity contribution >= 4 is 44.9 Å². The first kappa shape index (κ1) is 22.2. The van der Waals surface area contributed by atoms with Gasteiger partial charge in [0.1, 0.15) is 0 Å². The monoisotopic (exact) mass is 445 g/mol. The van der Waals surface area contributed by atoms with Crippen molar-refractivity contribution in [2.24, 2.45) is 4.99 Å². The van der Waals surface area contributed by atoms with Crippen LogP contribution >= 0.6 is 23.1 Å². The fourth-order valence-electron chi connectivity index (χ4n) is 2.88. The molecule has 0 bridgehead atoms. The van der Waals surface area contributed by atoms with Crippen molar-refractivity contribution in [3.8, 4) is 0 Å². The Morgan fingerprint density at radius 2 is 2.00 bits per heavy atom. The highest BCUT2D eigenvalue weighted by molar-refractivity contribution is 7.99. The fourth-order valence-corrected chi connectivity index (χ4v) is 4.80. The number of ether oxygens (including phenoxy) is 1. The second-order valence-electron chi connectivity index (χ2n) is 6.75. The number of thioether (sulfide) groups is 1. The van der Waals surface area contributed by atoms with Crippen LogP contribution in [0.5, 0.6) is 0 Å². The van der Waals surface area contributed by atoms with E-state index < -0.39 is 4.92 Å². The highest BCUT2D eigenvalue weighted by Crippen LogP contribution is 2.24. The van der Waals surface area contributed by atoms with Crippen molar-refractivity contribution in [1.29, 1.82) is 0 Å². The molecule has 2 aromatic carbocycles. The summed E-state index contributed by atoms with van der Waals surface area (Å²) in [7, 11) is 0. The van der Waals surface area contributed by atoms with Gasteiger partial charge in [0, 0.05) is 41.0 Å². The van der Waals surface area contributed by atoms with E-state index in [2.05, 4.69) is 18.8 Å². The number of carbonyl (C=O) groups is 1. The average Bonchev–Trinajstić information content (AvgIpc) is 3.04. The Bertz CT molecular complexity index is 1120. The van der Waals surface area contributed by atoms with E-state index in [1.54, 1.807) is 30.0 Å². The first-order chi connectivity index (χ1) is 14.4. The molecule has 0 aliphatic carbocycles. The summed E-state index contributed by atoms with van der Waals surface area (Å²) >= 11 is 2.99. The van der Waals surface area contributed by atoms with Gasteiger partial charge in [0.25, 0.3) is 11.6 Å². The van der Waals surface area contributed by atoms with Crippen molar-refractivity contribution in [2.45, 2.75) is 37.5 Å². The Morgan fingerprint density at radius 3 is 2.63 bits per heavy atom. The molecule has 0 atom stereocenters. The van der Waals surface area contributed by atoms with Crippen LogP contribution in [0.3, 0.4) is 0 Å². The van der Waals surface area contributed by atoms with Gasteiger partial charge in [-0.1, -0.05) is 25.2 Å². The molecule has 1 aromatic heterocycles. The van der Waals surface area contributed by atoms with Crippen LogP contribution in [-0.4, -0.2) is 33.9 Å². The van der Waals surface area contributed by atoms with Crippen LogP contribution in [0.2, 0.25) is 0 Å². The summed E-state index contributed by atoms with van der Waals surface area (Å²) in [6.07, 6.45) is 0. The van der Waals surface area contributed by atoms with Gasteiger partial charge in [-0.25, -0.2) is 0 Å². The molecule has 0 aliphatic heterocycles. The number of nitro groups is 1. The van der Waals surface area contributed by atoms with Crippen LogP contribution in [-0.2, 0) is 11.3 Å². The van der Waals surface area contributed by atoms with E-state index in [-0.39, 0.29) is 11.6 Å². The molecule has 3 rings (SSSR count). The maximum atomic E-state index is 12.8. The lowest BCUT2D eigenvalue weighted by Crippen LogP contribution is -2.19. The van der Waals surface area contributed by atoms with Gasteiger partial charge < -0.3 is 9.30 Å². The summed E-state index contributed by atoms with van der Waals surface area (Å²) in [4.78, 5) is 29.4. The Kier molecular flexibility index (Phi) is 7.41. The summed E-state index contributed by atoms with van der Waals surface area (Å²) in [6, 6.07) is 12.1. The molecule has 1 amide bonds. The maximum Gasteiger partial charge on any atom is 0.279 e. The summed E-state index contributed by atoms with van der Waals surface area (Å²) in [5.74, 6) is -0.345. The predicted octanol–water partition coefficient (Wildman–Crippen LogP) is 4.89. The number of fused-ring (bicyclic) bond motifs is 1. The zero-order chi connectivity index (χ0) is 21.7. The minimum atomic E-state index is -0.428. The van der Waals surface area contributed by atoms with Crippen LogP contribution < -0.4 is 4.80 Å². The van der Waals surface area contributed by atoms with Gasteiger partial charge in [0.05, 0.1) is 21.7 Å². The van der Waals surface area contributed by atoms with Crippen LogP contribution in [0, 0.1) is 10.1 Å². The fraction of sp³-hybridized carbons (Fsp3) is 0.333. The molecule has 0 fully saturated rings. The molecule has 7 nitrogen and oxygen atoms in total. The predicted molar refractivity (Wildman–Crippen MR) is 120 cm³/mol. The summed E-state index contributed by atoms with van der Waals surface area (Å²) in [6.45, 7) is 7.69. The number of amides is 1. The standard InChI is InChI=1S/C21H23N3O4S2/c1-4-28-12-11-23-18-10-7-16(24(26)27)13-19(18)30-21(23)22-20(25)15-5-8-17(9-6-15)29-14(2)3/h5-10,13-14H,4,11-12H2,1-3H3. The second kappa shape index (κ2) is 10.0. The van der Waals surface area contributed by atoms with Crippen molar-refractivity contribution in [1.82, 2.24) is 4.57 Å². The lowest BCUT2D eigenvalue weighted by atomic mass is 10.2. The molecule has 9 heteroatoms. The number of nitro benzene ring substituents is 1. The third kappa shape index (κ3) is 5.35. The maximum absolute atomic E-state index is 12.8. The van der Waals surface area contributed by atoms with E-state index in [9.17, 15) is 14.9 Å². The van der Waals surface area contributed by atoms with Gasteiger partial charge >= 0.3 is 0 Å². The normalized spacial score (nSPS) is 12.1. The lowest BCUT2D eigenvalue weighted by molar-refractivity contribution is -0.384.